The Morgan fingerprint density at radius 1 is 1.32 bits per heavy atom. The maximum absolute atomic E-state index is 8.48. The first kappa shape index (κ1) is 12.1. The van der Waals surface area contributed by atoms with Gasteiger partial charge in [-0.2, -0.15) is 0 Å². The van der Waals surface area contributed by atoms with Crippen molar-refractivity contribution in [2.24, 2.45) is 16.3 Å². The number of hydrogen-bond donors (Lipinski definition) is 4. The molecule has 6 heteroatoms. The van der Waals surface area contributed by atoms with Crippen LogP contribution in [0.3, 0.4) is 0 Å². The number of nitrogens with two attached hydrogens (primary N) is 1. The molecule has 0 spiro atoms. The second kappa shape index (κ2) is 3.55. The predicted molar refractivity (Wildman–Crippen MR) is 75.7 cm³/mol. The molecular weight excluding hydrogens is 240 g/mol. The van der Waals surface area contributed by atoms with Crippen LogP contribution in [0, 0.1) is 10.8 Å². The second-order valence-corrected chi connectivity index (χ2v) is 5.94. The highest BCUT2D eigenvalue weighted by atomic mass is 15.8. The molecular formula is C13H18N6. The number of hydrogen-bond acceptors (Lipinski definition) is 6. The lowest BCUT2D eigenvalue weighted by molar-refractivity contribution is 0.265. The largest absolute Gasteiger partial charge is 0.316 e. The smallest absolute Gasteiger partial charge is 0.193 e. The fraction of sp³-hybridized carbons (Fsp3) is 0.385. The number of nitrogens with zero attached hydrogens (tertiary/aromatic N) is 2. The number of anilines is 1. The van der Waals surface area contributed by atoms with Gasteiger partial charge in [-0.1, -0.05) is 39.0 Å². The fourth-order valence-electron chi connectivity index (χ4n) is 2.67. The van der Waals surface area contributed by atoms with Crippen LogP contribution in [0.15, 0.2) is 29.4 Å². The lowest BCUT2D eigenvalue weighted by Gasteiger charge is -2.47. The molecule has 19 heavy (non-hydrogen) atoms. The molecule has 0 aromatic heterocycles. The van der Waals surface area contributed by atoms with E-state index >= 15 is 0 Å². The van der Waals surface area contributed by atoms with Gasteiger partial charge in [0.1, 0.15) is 5.71 Å². The van der Waals surface area contributed by atoms with E-state index in [2.05, 4.69) is 16.2 Å². The third-order valence-electron chi connectivity index (χ3n) is 3.91. The van der Waals surface area contributed by atoms with Crippen molar-refractivity contribution in [3.05, 3.63) is 29.8 Å². The highest BCUT2D eigenvalue weighted by Gasteiger charge is 2.52. The maximum Gasteiger partial charge on any atom is 0.193 e. The van der Waals surface area contributed by atoms with Gasteiger partial charge in [0.05, 0.1) is 11.2 Å². The van der Waals surface area contributed by atoms with Gasteiger partial charge in [0.25, 0.3) is 0 Å². The zero-order chi connectivity index (χ0) is 13.8. The molecule has 0 saturated carbocycles. The van der Waals surface area contributed by atoms with Crippen LogP contribution < -0.4 is 21.8 Å². The summed E-state index contributed by atoms with van der Waals surface area (Å²) in [6.07, 6.45) is 0. The molecule has 5 N–H and O–H groups in total. The number of nitrogens with one attached hydrogen (secondary N) is 3. The Morgan fingerprint density at radius 2 is 2.00 bits per heavy atom. The summed E-state index contributed by atoms with van der Waals surface area (Å²) in [4.78, 5) is 0. The molecule has 0 radical (unpaired) electrons. The van der Waals surface area contributed by atoms with Gasteiger partial charge < -0.3 is 5.73 Å². The molecule has 1 unspecified atom stereocenters. The van der Waals surface area contributed by atoms with Gasteiger partial charge in [-0.3, -0.25) is 5.41 Å². The molecule has 2 aliphatic rings. The number of benzene rings is 1. The molecule has 1 aromatic rings. The van der Waals surface area contributed by atoms with Crippen molar-refractivity contribution in [3.63, 3.8) is 0 Å². The molecule has 0 amide bonds. The molecule has 1 atom stereocenters. The lowest BCUT2D eigenvalue weighted by Crippen LogP contribution is -2.63. The summed E-state index contributed by atoms with van der Waals surface area (Å²) in [6.45, 7) is 6.14. The molecule has 0 bridgehead atoms. The summed E-state index contributed by atoms with van der Waals surface area (Å²) < 4.78 is 0. The Kier molecular flexibility index (Phi) is 2.27. The van der Waals surface area contributed by atoms with Crippen molar-refractivity contribution in [1.82, 2.24) is 11.1 Å². The van der Waals surface area contributed by atoms with Gasteiger partial charge in [-0.05, 0) is 11.5 Å². The number of amidine groups is 1. The average Bonchev–Trinajstić information content (AvgIpc) is 2.84. The van der Waals surface area contributed by atoms with Gasteiger partial charge >= 0.3 is 0 Å². The molecule has 100 valence electrons. The topological polar surface area (TPSA) is 89.5 Å². The van der Waals surface area contributed by atoms with E-state index in [0.29, 0.717) is 11.5 Å². The normalized spacial score (nSPS) is 25.6. The number of rotatable bonds is 0. The van der Waals surface area contributed by atoms with Crippen molar-refractivity contribution in [2.45, 2.75) is 26.3 Å². The van der Waals surface area contributed by atoms with Gasteiger partial charge in [-0.15, -0.1) is 10.6 Å². The summed E-state index contributed by atoms with van der Waals surface area (Å²) in [5.41, 5.74) is 13.3. The summed E-state index contributed by atoms with van der Waals surface area (Å²) in [5.74, 6) is 0.524. The first-order valence-corrected chi connectivity index (χ1v) is 6.23. The van der Waals surface area contributed by atoms with Crippen molar-refractivity contribution in [3.8, 4) is 0 Å². The van der Waals surface area contributed by atoms with Crippen LogP contribution in [0.2, 0.25) is 0 Å². The zero-order valence-corrected chi connectivity index (χ0v) is 11.3. The van der Waals surface area contributed by atoms with Crippen LogP contribution in [0.25, 0.3) is 0 Å². The standard InChI is InChI=1S/C13H18N6/c1-12(2,3)13(15)8-6-4-5-7-9(8)19-11(10(13)14)16-17-18-19/h4-7,14,17-18H,15H2,1-3H3. The van der Waals surface area contributed by atoms with Gasteiger partial charge in [0, 0.05) is 5.56 Å². The summed E-state index contributed by atoms with van der Waals surface area (Å²) in [5, 5.41) is 14.4. The van der Waals surface area contributed by atoms with Crippen molar-refractivity contribution < 1.29 is 0 Å². The first-order valence-electron chi connectivity index (χ1n) is 6.23. The molecule has 0 fully saturated rings. The van der Waals surface area contributed by atoms with E-state index in [1.165, 1.54) is 0 Å². The third kappa shape index (κ3) is 1.38. The van der Waals surface area contributed by atoms with E-state index in [-0.39, 0.29) is 5.41 Å². The van der Waals surface area contributed by atoms with Crippen LogP contribution in [0.4, 0.5) is 5.69 Å². The van der Waals surface area contributed by atoms with E-state index in [1.807, 2.05) is 45.0 Å². The minimum Gasteiger partial charge on any atom is -0.316 e. The van der Waals surface area contributed by atoms with Crippen LogP contribution in [0.1, 0.15) is 26.3 Å². The highest BCUT2D eigenvalue weighted by Crippen LogP contribution is 2.45. The Balaban J connectivity index is 2.32. The highest BCUT2D eigenvalue weighted by molar-refractivity contribution is 6.49. The third-order valence-corrected chi connectivity index (χ3v) is 3.91. The minimum atomic E-state index is -0.868. The minimum absolute atomic E-state index is 0.294. The Labute approximate surface area is 112 Å². The molecule has 1 aromatic carbocycles. The van der Waals surface area contributed by atoms with E-state index in [0.717, 1.165) is 11.3 Å². The maximum atomic E-state index is 8.48. The van der Waals surface area contributed by atoms with E-state index in [1.54, 1.807) is 5.01 Å². The van der Waals surface area contributed by atoms with Crippen molar-refractivity contribution in [1.29, 1.82) is 5.41 Å². The summed E-state index contributed by atoms with van der Waals surface area (Å²) >= 11 is 0. The van der Waals surface area contributed by atoms with Crippen LogP contribution in [0.5, 0.6) is 0 Å². The van der Waals surface area contributed by atoms with Crippen molar-refractivity contribution in [2.75, 3.05) is 5.01 Å². The van der Waals surface area contributed by atoms with E-state index in [4.69, 9.17) is 11.1 Å². The Morgan fingerprint density at radius 3 is 2.68 bits per heavy atom. The molecule has 2 aliphatic heterocycles. The van der Waals surface area contributed by atoms with E-state index < -0.39 is 5.54 Å². The SMILES string of the molecule is CC(C)(C)C1(N)C(=N)C2=NNNN2c2ccccc21. The van der Waals surface area contributed by atoms with Crippen LogP contribution in [-0.2, 0) is 5.54 Å². The quantitative estimate of drug-likeness (QED) is 0.560. The van der Waals surface area contributed by atoms with E-state index in [9.17, 15) is 0 Å². The monoisotopic (exact) mass is 258 g/mol. The lowest BCUT2D eigenvalue weighted by atomic mass is 9.65. The van der Waals surface area contributed by atoms with Crippen LogP contribution >= 0.6 is 0 Å². The predicted octanol–water partition coefficient (Wildman–Crippen LogP) is 1.06. The van der Waals surface area contributed by atoms with Gasteiger partial charge in [-0.25, -0.2) is 10.5 Å². The Hall–Kier alpha value is -1.92. The first-order chi connectivity index (χ1) is 8.87. The second-order valence-electron chi connectivity index (χ2n) is 5.94. The molecule has 0 aliphatic carbocycles. The number of hydrazone groups is 1. The number of hydrazine groups is 2. The van der Waals surface area contributed by atoms with Gasteiger partial charge in [0.2, 0.25) is 0 Å². The molecule has 0 saturated heterocycles. The van der Waals surface area contributed by atoms with Crippen LogP contribution in [-0.4, -0.2) is 11.5 Å². The molecule has 3 rings (SSSR count). The zero-order valence-electron chi connectivity index (χ0n) is 11.3. The number of fused-ring (bicyclic) bond motifs is 3. The van der Waals surface area contributed by atoms with Crippen molar-refractivity contribution >= 4 is 17.2 Å². The number of para-hydroxylation sites is 1. The fourth-order valence-corrected chi connectivity index (χ4v) is 2.67. The summed E-state index contributed by atoms with van der Waals surface area (Å²) in [7, 11) is 0. The molecule has 2 heterocycles. The molecule has 6 nitrogen and oxygen atoms in total. The summed E-state index contributed by atoms with van der Waals surface area (Å²) in [6, 6.07) is 7.86. The van der Waals surface area contributed by atoms with Gasteiger partial charge in [0.15, 0.2) is 5.84 Å². The Bertz CT molecular complexity index is 585. The average molecular weight is 258 g/mol.